The van der Waals surface area contributed by atoms with Crippen LogP contribution in [0.2, 0.25) is 0 Å². The number of aromatic nitrogens is 1. The summed E-state index contributed by atoms with van der Waals surface area (Å²) in [7, 11) is 0. The van der Waals surface area contributed by atoms with Gasteiger partial charge in [-0.05, 0) is 42.3 Å². The smallest absolute Gasteiger partial charge is 0.246 e. The number of piperazine rings is 1. The van der Waals surface area contributed by atoms with E-state index in [1.807, 2.05) is 17.0 Å². The summed E-state index contributed by atoms with van der Waals surface area (Å²) in [6, 6.07) is 15.8. The number of aliphatic hydroxyl groups excluding tert-OH is 1. The minimum Gasteiger partial charge on any atom is -0.388 e. The van der Waals surface area contributed by atoms with E-state index in [2.05, 4.69) is 34.1 Å². The first kappa shape index (κ1) is 21.6. The van der Waals surface area contributed by atoms with Crippen LogP contribution in [0.25, 0.3) is 12.2 Å². The summed E-state index contributed by atoms with van der Waals surface area (Å²) in [6.45, 7) is 3.68. The number of amides is 1. The Bertz CT molecular complexity index is 901. The second-order valence-electron chi connectivity index (χ2n) is 7.18. The standard InChI is InChI=1S/C24H27N3O3/c28-19-23(29)11-9-21-7-4-8-22(25-21)10-12-24(30)27-17-15-26(16-18-27)14-13-20-5-2-1-3-6-20/h1-12,28H,13-19H2/b11-9+,12-10+. The molecule has 3 rings (SSSR count). The van der Waals surface area contributed by atoms with Gasteiger partial charge in [-0.1, -0.05) is 36.4 Å². The Balaban J connectivity index is 1.47. The summed E-state index contributed by atoms with van der Waals surface area (Å²) >= 11 is 0. The maximum atomic E-state index is 12.5. The molecule has 0 unspecified atom stereocenters. The Morgan fingerprint density at radius 1 is 0.900 bits per heavy atom. The van der Waals surface area contributed by atoms with Crippen molar-refractivity contribution >= 4 is 23.8 Å². The zero-order valence-corrected chi connectivity index (χ0v) is 17.0. The number of pyridine rings is 1. The molecule has 6 heteroatoms. The van der Waals surface area contributed by atoms with Gasteiger partial charge in [0.25, 0.3) is 0 Å². The summed E-state index contributed by atoms with van der Waals surface area (Å²) < 4.78 is 0. The van der Waals surface area contributed by atoms with Gasteiger partial charge in [0.1, 0.15) is 6.61 Å². The Morgan fingerprint density at radius 2 is 1.57 bits per heavy atom. The van der Waals surface area contributed by atoms with Crippen molar-refractivity contribution in [3.8, 4) is 0 Å². The van der Waals surface area contributed by atoms with Crippen LogP contribution in [0.15, 0.2) is 60.7 Å². The fourth-order valence-corrected chi connectivity index (χ4v) is 3.27. The third-order valence-corrected chi connectivity index (χ3v) is 5.03. The van der Waals surface area contributed by atoms with E-state index in [0.717, 1.165) is 39.1 Å². The monoisotopic (exact) mass is 405 g/mol. The molecule has 0 bridgehead atoms. The fraction of sp³-hybridized carbons (Fsp3) is 0.292. The quantitative estimate of drug-likeness (QED) is 0.681. The Kier molecular flexibility index (Phi) is 8.06. The molecule has 156 valence electrons. The molecule has 1 aromatic carbocycles. The van der Waals surface area contributed by atoms with E-state index < -0.39 is 6.61 Å². The predicted octanol–water partition coefficient (Wildman–Crippen LogP) is 2.06. The van der Waals surface area contributed by atoms with Crippen LogP contribution in [-0.2, 0) is 16.0 Å². The van der Waals surface area contributed by atoms with Crippen molar-refractivity contribution in [3.63, 3.8) is 0 Å². The molecule has 0 spiro atoms. The zero-order chi connectivity index (χ0) is 21.2. The van der Waals surface area contributed by atoms with Gasteiger partial charge in [-0.2, -0.15) is 0 Å². The average molecular weight is 405 g/mol. The Morgan fingerprint density at radius 3 is 2.23 bits per heavy atom. The van der Waals surface area contributed by atoms with Crippen molar-refractivity contribution in [2.24, 2.45) is 0 Å². The molecule has 30 heavy (non-hydrogen) atoms. The second-order valence-corrected chi connectivity index (χ2v) is 7.18. The normalized spacial score (nSPS) is 15.2. The molecule has 0 radical (unpaired) electrons. The van der Waals surface area contributed by atoms with Crippen LogP contribution < -0.4 is 0 Å². The largest absolute Gasteiger partial charge is 0.388 e. The summed E-state index contributed by atoms with van der Waals surface area (Å²) in [5.74, 6) is -0.397. The number of nitrogens with zero attached hydrogens (tertiary/aromatic N) is 3. The lowest BCUT2D eigenvalue weighted by molar-refractivity contribution is -0.127. The van der Waals surface area contributed by atoms with Crippen molar-refractivity contribution in [2.75, 3.05) is 39.3 Å². The van der Waals surface area contributed by atoms with Gasteiger partial charge >= 0.3 is 0 Å². The van der Waals surface area contributed by atoms with E-state index in [1.54, 1.807) is 30.4 Å². The van der Waals surface area contributed by atoms with E-state index >= 15 is 0 Å². The van der Waals surface area contributed by atoms with Gasteiger partial charge in [0.05, 0.1) is 11.4 Å². The number of aliphatic hydroxyl groups is 1. The summed E-state index contributed by atoms with van der Waals surface area (Å²) in [5.41, 5.74) is 2.58. The second kappa shape index (κ2) is 11.2. The molecule has 2 aromatic rings. The maximum Gasteiger partial charge on any atom is 0.246 e. The van der Waals surface area contributed by atoms with Gasteiger partial charge in [-0.25, -0.2) is 4.98 Å². The van der Waals surface area contributed by atoms with E-state index in [4.69, 9.17) is 5.11 Å². The first-order valence-electron chi connectivity index (χ1n) is 10.2. The number of carbonyl (C=O) groups excluding carboxylic acids is 2. The third-order valence-electron chi connectivity index (χ3n) is 5.03. The summed E-state index contributed by atoms with van der Waals surface area (Å²) in [4.78, 5) is 32.3. The lowest BCUT2D eigenvalue weighted by Crippen LogP contribution is -2.48. The molecule has 6 nitrogen and oxygen atoms in total. The molecule has 1 saturated heterocycles. The molecular weight excluding hydrogens is 378 g/mol. The van der Waals surface area contributed by atoms with Crippen LogP contribution in [0.5, 0.6) is 0 Å². The van der Waals surface area contributed by atoms with Crippen LogP contribution in [0, 0.1) is 0 Å². The number of hydrogen-bond acceptors (Lipinski definition) is 5. The lowest BCUT2D eigenvalue weighted by atomic mass is 10.1. The van der Waals surface area contributed by atoms with E-state index in [-0.39, 0.29) is 11.7 Å². The van der Waals surface area contributed by atoms with Gasteiger partial charge in [-0.15, -0.1) is 0 Å². The van der Waals surface area contributed by atoms with Gasteiger partial charge in [0, 0.05) is 38.8 Å². The lowest BCUT2D eigenvalue weighted by Gasteiger charge is -2.34. The molecular formula is C24H27N3O3. The van der Waals surface area contributed by atoms with Crippen molar-refractivity contribution < 1.29 is 14.7 Å². The van der Waals surface area contributed by atoms with Gasteiger partial charge < -0.3 is 10.0 Å². The SMILES string of the molecule is O=C(/C=C/c1cccc(/C=C/C(=O)N2CCN(CCc3ccccc3)CC2)n1)CO. The Labute approximate surface area is 177 Å². The van der Waals surface area contributed by atoms with Crippen molar-refractivity contribution in [1.29, 1.82) is 0 Å². The number of ketones is 1. The molecule has 1 aliphatic rings. The molecule has 1 N–H and O–H groups in total. The van der Waals surface area contributed by atoms with Crippen LogP contribution in [-0.4, -0.2) is 70.9 Å². The van der Waals surface area contributed by atoms with Gasteiger partial charge in [-0.3, -0.25) is 14.5 Å². The van der Waals surface area contributed by atoms with Crippen molar-refractivity contribution in [3.05, 3.63) is 77.6 Å². The summed E-state index contributed by atoms with van der Waals surface area (Å²) in [6.07, 6.45) is 7.10. The van der Waals surface area contributed by atoms with Crippen molar-refractivity contribution in [1.82, 2.24) is 14.8 Å². The highest BCUT2D eigenvalue weighted by molar-refractivity contribution is 5.94. The van der Waals surface area contributed by atoms with Crippen LogP contribution in [0.1, 0.15) is 17.0 Å². The molecule has 1 amide bonds. The first-order chi connectivity index (χ1) is 14.6. The zero-order valence-electron chi connectivity index (χ0n) is 17.0. The van der Waals surface area contributed by atoms with Gasteiger partial charge in [0.2, 0.25) is 5.91 Å². The summed E-state index contributed by atoms with van der Waals surface area (Å²) in [5, 5.41) is 8.76. The molecule has 1 fully saturated rings. The highest BCUT2D eigenvalue weighted by Gasteiger charge is 2.19. The van der Waals surface area contributed by atoms with Crippen LogP contribution >= 0.6 is 0 Å². The number of benzene rings is 1. The minimum atomic E-state index is -0.524. The number of hydrogen-bond donors (Lipinski definition) is 1. The molecule has 0 aliphatic carbocycles. The fourth-order valence-electron chi connectivity index (χ4n) is 3.27. The topological polar surface area (TPSA) is 73.7 Å². The first-order valence-corrected chi connectivity index (χ1v) is 10.2. The molecule has 0 atom stereocenters. The average Bonchev–Trinajstić information content (AvgIpc) is 2.81. The van der Waals surface area contributed by atoms with E-state index in [9.17, 15) is 9.59 Å². The molecule has 1 aliphatic heterocycles. The minimum absolute atomic E-state index is 0.0177. The molecule has 2 heterocycles. The third kappa shape index (κ3) is 6.76. The molecule has 1 aromatic heterocycles. The highest BCUT2D eigenvalue weighted by atomic mass is 16.3. The highest BCUT2D eigenvalue weighted by Crippen LogP contribution is 2.08. The van der Waals surface area contributed by atoms with Gasteiger partial charge in [0.15, 0.2) is 5.78 Å². The number of carbonyl (C=O) groups is 2. The van der Waals surface area contributed by atoms with Crippen LogP contribution in [0.4, 0.5) is 0 Å². The molecule has 0 saturated carbocycles. The van der Waals surface area contributed by atoms with Crippen molar-refractivity contribution in [2.45, 2.75) is 6.42 Å². The predicted molar refractivity (Wildman–Crippen MR) is 118 cm³/mol. The Hall–Kier alpha value is -3.09. The van der Waals surface area contributed by atoms with E-state index in [0.29, 0.717) is 11.4 Å². The van der Waals surface area contributed by atoms with Crippen LogP contribution in [0.3, 0.4) is 0 Å². The maximum absolute atomic E-state index is 12.5. The number of rotatable bonds is 8. The van der Waals surface area contributed by atoms with E-state index in [1.165, 1.54) is 11.6 Å².